The van der Waals surface area contributed by atoms with E-state index in [0.29, 0.717) is 12.1 Å². The number of nitro benzene ring substituents is 1. The molecule has 1 aromatic heterocycles. The largest absolute Gasteiger partial charge is 0.342 e. The summed E-state index contributed by atoms with van der Waals surface area (Å²) in [6.45, 7) is 4.57. The van der Waals surface area contributed by atoms with Crippen molar-refractivity contribution in [3.63, 3.8) is 0 Å². The van der Waals surface area contributed by atoms with Crippen LogP contribution in [-0.4, -0.2) is 28.8 Å². The molecule has 0 saturated carbocycles. The van der Waals surface area contributed by atoms with Gasteiger partial charge in [-0.15, -0.1) is 0 Å². The number of carbonyl (C=O) groups is 1. The maximum atomic E-state index is 12.8. The molecule has 4 aromatic rings. The molecule has 1 atom stereocenters. The minimum atomic E-state index is -4.04. The Kier molecular flexibility index (Phi) is 6.52. The predicted octanol–water partition coefficient (Wildman–Crippen LogP) is 4.26. The summed E-state index contributed by atoms with van der Waals surface area (Å²) in [5.74, 6) is 0.406. The molecule has 1 unspecified atom stereocenters. The summed E-state index contributed by atoms with van der Waals surface area (Å²) in [5.41, 5.74) is 2.08. The lowest BCUT2D eigenvalue weighted by atomic mass is 10.2. The van der Waals surface area contributed by atoms with Crippen LogP contribution in [0.3, 0.4) is 0 Å². The van der Waals surface area contributed by atoms with E-state index in [1.165, 1.54) is 42.5 Å². The van der Waals surface area contributed by atoms with E-state index in [-0.39, 0.29) is 28.2 Å². The highest BCUT2D eigenvalue weighted by atomic mass is 32.2. The van der Waals surface area contributed by atoms with Crippen molar-refractivity contribution < 1.29 is 18.1 Å². The lowest BCUT2D eigenvalue weighted by Gasteiger charge is -2.15. The topological polar surface area (TPSA) is 136 Å². The molecule has 10 nitrogen and oxygen atoms in total. The number of imidazole rings is 1. The molecular formula is C24H23N5O5S. The Labute approximate surface area is 201 Å². The second-order valence-corrected chi connectivity index (χ2v) is 9.52. The maximum Gasteiger partial charge on any atom is 0.270 e. The van der Waals surface area contributed by atoms with E-state index >= 15 is 0 Å². The minimum Gasteiger partial charge on any atom is -0.342 e. The molecule has 0 bridgehead atoms. The summed E-state index contributed by atoms with van der Waals surface area (Å²) in [5, 5.41) is 13.9. The number of nitrogens with zero attached hydrogens (tertiary/aromatic N) is 3. The van der Waals surface area contributed by atoms with Crippen LogP contribution in [0.15, 0.2) is 77.7 Å². The summed E-state index contributed by atoms with van der Waals surface area (Å²) >= 11 is 0. The Bertz CT molecular complexity index is 1510. The van der Waals surface area contributed by atoms with Gasteiger partial charge in [0.25, 0.3) is 21.6 Å². The fourth-order valence-corrected chi connectivity index (χ4v) is 4.87. The first-order chi connectivity index (χ1) is 16.7. The third-order valence-corrected chi connectivity index (χ3v) is 6.85. The summed E-state index contributed by atoms with van der Waals surface area (Å²) in [6, 6.07) is 18.1. The van der Waals surface area contributed by atoms with Gasteiger partial charge in [-0.2, -0.15) is 0 Å². The van der Waals surface area contributed by atoms with Gasteiger partial charge in [0.1, 0.15) is 5.82 Å². The molecule has 0 fully saturated rings. The molecule has 0 spiro atoms. The lowest BCUT2D eigenvalue weighted by Crippen LogP contribution is -2.28. The summed E-state index contributed by atoms with van der Waals surface area (Å²) in [6.07, 6.45) is 0. The number of fused-ring (bicyclic) bond motifs is 1. The van der Waals surface area contributed by atoms with Crippen molar-refractivity contribution >= 4 is 38.3 Å². The lowest BCUT2D eigenvalue weighted by molar-refractivity contribution is -0.385. The standard InChI is InChI=1S/C24H23N5O5S/c1-3-28-22-10-5-4-9-21(22)26-23(28)16(2)25-24(30)17-11-13-18(14-12-17)27-35(33,34)20-8-6-7-19(15-20)29(31)32/h4-16,27H,3H2,1-2H3,(H,25,30). The molecule has 180 valence electrons. The third-order valence-electron chi connectivity index (χ3n) is 5.47. The van der Waals surface area contributed by atoms with Crippen LogP contribution in [0.2, 0.25) is 0 Å². The van der Waals surface area contributed by atoms with Gasteiger partial charge < -0.3 is 9.88 Å². The smallest absolute Gasteiger partial charge is 0.270 e. The van der Waals surface area contributed by atoms with Crippen LogP contribution in [0.4, 0.5) is 11.4 Å². The molecule has 0 aliphatic carbocycles. The number of sulfonamides is 1. The van der Waals surface area contributed by atoms with Gasteiger partial charge in [-0.3, -0.25) is 19.6 Å². The predicted molar refractivity (Wildman–Crippen MR) is 132 cm³/mol. The second-order valence-electron chi connectivity index (χ2n) is 7.84. The fraction of sp³-hybridized carbons (Fsp3) is 0.167. The average molecular weight is 494 g/mol. The zero-order chi connectivity index (χ0) is 25.2. The molecule has 2 N–H and O–H groups in total. The van der Waals surface area contributed by atoms with E-state index in [2.05, 4.69) is 15.0 Å². The first-order valence-corrected chi connectivity index (χ1v) is 12.3. The Morgan fingerprint density at radius 2 is 1.80 bits per heavy atom. The van der Waals surface area contributed by atoms with Crippen LogP contribution < -0.4 is 10.0 Å². The summed E-state index contributed by atoms with van der Waals surface area (Å²) < 4.78 is 29.6. The van der Waals surface area contributed by atoms with Crippen molar-refractivity contribution in [2.75, 3.05) is 4.72 Å². The zero-order valence-electron chi connectivity index (χ0n) is 19.0. The number of carbonyl (C=O) groups excluding carboxylic acids is 1. The Morgan fingerprint density at radius 3 is 2.49 bits per heavy atom. The molecule has 4 rings (SSSR count). The van der Waals surface area contributed by atoms with Gasteiger partial charge in [-0.25, -0.2) is 13.4 Å². The first kappa shape index (κ1) is 23.9. The number of anilines is 1. The SMILES string of the molecule is CCn1c(C(C)NC(=O)c2ccc(NS(=O)(=O)c3cccc([N+](=O)[O-])c3)cc2)nc2ccccc21. The van der Waals surface area contributed by atoms with Crippen LogP contribution in [-0.2, 0) is 16.6 Å². The molecule has 0 radical (unpaired) electrons. The van der Waals surface area contributed by atoms with E-state index in [1.54, 1.807) is 0 Å². The van der Waals surface area contributed by atoms with Crippen LogP contribution in [0, 0.1) is 10.1 Å². The van der Waals surface area contributed by atoms with Crippen LogP contribution >= 0.6 is 0 Å². The monoisotopic (exact) mass is 493 g/mol. The fourth-order valence-electron chi connectivity index (χ4n) is 3.77. The maximum absolute atomic E-state index is 12.8. The molecule has 1 amide bonds. The Hall–Kier alpha value is -4.25. The van der Waals surface area contributed by atoms with Crippen molar-refractivity contribution in [1.29, 1.82) is 0 Å². The van der Waals surface area contributed by atoms with Crippen molar-refractivity contribution in [3.05, 3.63) is 94.3 Å². The van der Waals surface area contributed by atoms with Gasteiger partial charge in [-0.05, 0) is 56.3 Å². The number of nitrogens with one attached hydrogen (secondary N) is 2. The van der Waals surface area contributed by atoms with Gasteiger partial charge in [0, 0.05) is 29.9 Å². The number of amides is 1. The van der Waals surface area contributed by atoms with Crippen molar-refractivity contribution in [3.8, 4) is 0 Å². The Morgan fingerprint density at radius 1 is 1.09 bits per heavy atom. The second kappa shape index (κ2) is 9.55. The van der Waals surface area contributed by atoms with Gasteiger partial charge in [0.15, 0.2) is 0 Å². The van der Waals surface area contributed by atoms with Gasteiger partial charge >= 0.3 is 0 Å². The number of hydrogen-bond donors (Lipinski definition) is 2. The highest BCUT2D eigenvalue weighted by Crippen LogP contribution is 2.23. The molecule has 0 aliphatic rings. The normalized spacial score (nSPS) is 12.3. The van der Waals surface area contributed by atoms with E-state index < -0.39 is 14.9 Å². The third kappa shape index (κ3) is 4.99. The van der Waals surface area contributed by atoms with Crippen molar-refractivity contribution in [1.82, 2.24) is 14.9 Å². The summed E-state index contributed by atoms with van der Waals surface area (Å²) in [7, 11) is -4.04. The number of nitro groups is 1. The molecule has 1 heterocycles. The minimum absolute atomic E-state index is 0.217. The highest BCUT2D eigenvalue weighted by molar-refractivity contribution is 7.92. The van der Waals surface area contributed by atoms with Gasteiger partial charge in [0.2, 0.25) is 0 Å². The number of aryl methyl sites for hydroxylation is 1. The molecular weight excluding hydrogens is 470 g/mol. The van der Waals surface area contributed by atoms with E-state index in [0.717, 1.165) is 22.9 Å². The highest BCUT2D eigenvalue weighted by Gasteiger charge is 2.20. The molecule has 35 heavy (non-hydrogen) atoms. The van der Waals surface area contributed by atoms with Crippen LogP contribution in [0.1, 0.15) is 36.1 Å². The van der Waals surface area contributed by atoms with E-state index in [1.807, 2.05) is 42.7 Å². The zero-order valence-corrected chi connectivity index (χ0v) is 19.8. The van der Waals surface area contributed by atoms with E-state index in [9.17, 15) is 23.3 Å². The number of non-ortho nitro benzene ring substituents is 1. The molecule has 0 aliphatic heterocycles. The van der Waals surface area contributed by atoms with Gasteiger partial charge in [-0.1, -0.05) is 18.2 Å². The quantitative estimate of drug-likeness (QED) is 0.278. The Balaban J connectivity index is 1.47. The van der Waals surface area contributed by atoms with Crippen molar-refractivity contribution in [2.24, 2.45) is 0 Å². The number of aromatic nitrogens is 2. The van der Waals surface area contributed by atoms with E-state index in [4.69, 9.17) is 0 Å². The number of hydrogen-bond acceptors (Lipinski definition) is 6. The van der Waals surface area contributed by atoms with Gasteiger partial charge in [0.05, 0.1) is 26.9 Å². The first-order valence-electron chi connectivity index (χ1n) is 10.8. The molecule has 11 heteroatoms. The molecule has 0 saturated heterocycles. The molecule has 3 aromatic carbocycles. The van der Waals surface area contributed by atoms with Crippen molar-refractivity contribution in [2.45, 2.75) is 31.3 Å². The number of rotatable bonds is 8. The van der Waals surface area contributed by atoms with Crippen LogP contribution in [0.25, 0.3) is 11.0 Å². The average Bonchev–Trinajstić information content (AvgIpc) is 3.23. The van der Waals surface area contributed by atoms with Crippen LogP contribution in [0.5, 0.6) is 0 Å². The number of para-hydroxylation sites is 2. The summed E-state index contributed by atoms with van der Waals surface area (Å²) in [4.78, 5) is 27.5. The number of benzene rings is 3.